The summed E-state index contributed by atoms with van der Waals surface area (Å²) in [6.45, 7) is 6.41. The number of hydrogen-bond donors (Lipinski definition) is 0. The largest absolute Gasteiger partial charge is 0.462 e. The van der Waals surface area contributed by atoms with Crippen LogP contribution in [0.3, 0.4) is 0 Å². The van der Waals surface area contributed by atoms with Gasteiger partial charge in [0.1, 0.15) is 13.2 Å². The minimum atomic E-state index is -0.800. The molecule has 0 spiro atoms. The maximum Gasteiger partial charge on any atom is 0.306 e. The summed E-state index contributed by atoms with van der Waals surface area (Å²) in [6.07, 6.45) is 95.5. The Labute approximate surface area is 486 Å². The average molecular weight is 1090 g/mol. The van der Waals surface area contributed by atoms with Crippen LogP contribution in [0.2, 0.25) is 0 Å². The minimum Gasteiger partial charge on any atom is -0.462 e. The second kappa shape index (κ2) is 65.5. The predicted octanol–water partition coefficient (Wildman–Crippen LogP) is 22.1. The van der Waals surface area contributed by atoms with E-state index in [-0.39, 0.29) is 31.1 Å². The number of esters is 3. The summed E-state index contributed by atoms with van der Waals surface area (Å²) >= 11 is 0. The first-order chi connectivity index (χ1) is 39.0. The van der Waals surface area contributed by atoms with Gasteiger partial charge in [0, 0.05) is 19.3 Å². The Balaban J connectivity index is 4.24. The van der Waals surface area contributed by atoms with Gasteiger partial charge in [0.15, 0.2) is 6.10 Å². The fraction of sp³-hybridized carbons (Fsp3) is 0.603. The van der Waals surface area contributed by atoms with E-state index in [1.54, 1.807) is 0 Å². The number of allylic oxidation sites excluding steroid dienone is 26. The van der Waals surface area contributed by atoms with Gasteiger partial charge in [-0.05, 0) is 135 Å². The minimum absolute atomic E-state index is 0.0961. The molecular weight excluding hydrogens is 973 g/mol. The molecule has 79 heavy (non-hydrogen) atoms. The molecule has 0 rings (SSSR count). The lowest BCUT2D eigenvalue weighted by Crippen LogP contribution is -2.30. The second-order valence-corrected chi connectivity index (χ2v) is 20.6. The Kier molecular flexibility index (Phi) is 61.4. The normalized spacial score (nSPS) is 13.2. The molecule has 0 saturated heterocycles. The van der Waals surface area contributed by atoms with E-state index in [2.05, 4.69) is 179 Å². The van der Waals surface area contributed by atoms with Crippen LogP contribution in [0.15, 0.2) is 158 Å². The Morgan fingerprint density at radius 3 is 0.797 bits per heavy atom. The van der Waals surface area contributed by atoms with Crippen molar-refractivity contribution in [2.45, 2.75) is 271 Å². The third-order valence-corrected chi connectivity index (χ3v) is 13.0. The molecule has 0 aromatic rings. The Bertz CT molecular complexity index is 1780. The molecule has 0 aliphatic heterocycles. The second-order valence-electron chi connectivity index (χ2n) is 20.6. The average Bonchev–Trinajstić information content (AvgIpc) is 3.45. The first-order valence-corrected chi connectivity index (χ1v) is 32.0. The molecule has 0 aromatic carbocycles. The van der Waals surface area contributed by atoms with E-state index in [0.717, 1.165) is 161 Å². The van der Waals surface area contributed by atoms with Crippen molar-refractivity contribution in [2.24, 2.45) is 0 Å². The van der Waals surface area contributed by atoms with E-state index in [0.29, 0.717) is 19.3 Å². The van der Waals surface area contributed by atoms with Gasteiger partial charge in [0.25, 0.3) is 0 Å². The van der Waals surface area contributed by atoms with Crippen LogP contribution < -0.4 is 0 Å². The number of rotatable bonds is 56. The molecular formula is C73H116O6. The summed E-state index contributed by atoms with van der Waals surface area (Å²) in [5.74, 6) is -0.946. The van der Waals surface area contributed by atoms with Crippen molar-refractivity contribution in [3.05, 3.63) is 158 Å². The van der Waals surface area contributed by atoms with Crippen LogP contribution in [0.4, 0.5) is 0 Å². The van der Waals surface area contributed by atoms with Crippen LogP contribution in [-0.2, 0) is 28.6 Å². The van der Waals surface area contributed by atoms with Gasteiger partial charge < -0.3 is 14.2 Å². The lowest BCUT2D eigenvalue weighted by atomic mass is 10.1. The van der Waals surface area contributed by atoms with E-state index in [9.17, 15) is 14.4 Å². The van der Waals surface area contributed by atoms with Gasteiger partial charge in [-0.25, -0.2) is 0 Å². The van der Waals surface area contributed by atoms with Gasteiger partial charge in [0.05, 0.1) is 0 Å². The smallest absolute Gasteiger partial charge is 0.306 e. The van der Waals surface area contributed by atoms with E-state index in [4.69, 9.17) is 14.2 Å². The molecule has 0 aromatic heterocycles. The van der Waals surface area contributed by atoms with Crippen LogP contribution in [0, 0.1) is 0 Å². The highest BCUT2D eigenvalue weighted by Gasteiger charge is 2.19. The SMILES string of the molecule is CC/C=C\C/C=C\C/C=C\C/C=C\C/C=C\C/C=C\C/C=C\C/C=C\C/C=C\C/C=C\CCCCCCC(=O)OCC(COC(=O)CCCCCCCCC)OC(=O)CCCCCCCC/C=C\C/C=C\C/C=C\CCCCC. The molecule has 1 unspecified atom stereocenters. The quantitative estimate of drug-likeness (QED) is 0.0261. The molecule has 0 saturated carbocycles. The van der Waals surface area contributed by atoms with Crippen LogP contribution in [-0.4, -0.2) is 37.2 Å². The summed E-state index contributed by atoms with van der Waals surface area (Å²) < 4.78 is 16.8. The highest BCUT2D eigenvalue weighted by Crippen LogP contribution is 2.14. The monoisotopic (exact) mass is 1090 g/mol. The summed E-state index contributed by atoms with van der Waals surface area (Å²) in [7, 11) is 0. The molecule has 0 radical (unpaired) electrons. The highest BCUT2D eigenvalue weighted by molar-refractivity contribution is 5.71. The van der Waals surface area contributed by atoms with Gasteiger partial charge >= 0.3 is 17.9 Å². The molecule has 6 heteroatoms. The molecule has 0 heterocycles. The van der Waals surface area contributed by atoms with Crippen LogP contribution >= 0.6 is 0 Å². The predicted molar refractivity (Wildman–Crippen MR) is 343 cm³/mol. The van der Waals surface area contributed by atoms with E-state index in [1.165, 1.54) is 64.2 Å². The molecule has 0 fully saturated rings. The number of carbonyl (C=O) groups excluding carboxylic acids is 3. The molecule has 0 bridgehead atoms. The summed E-state index contributed by atoms with van der Waals surface area (Å²) in [6, 6.07) is 0. The van der Waals surface area contributed by atoms with Crippen molar-refractivity contribution in [2.75, 3.05) is 13.2 Å². The number of hydrogen-bond acceptors (Lipinski definition) is 6. The van der Waals surface area contributed by atoms with Gasteiger partial charge in [-0.15, -0.1) is 0 Å². The molecule has 0 N–H and O–H groups in total. The van der Waals surface area contributed by atoms with E-state index in [1.807, 2.05) is 0 Å². The fourth-order valence-corrected chi connectivity index (χ4v) is 8.24. The third kappa shape index (κ3) is 63.7. The zero-order valence-corrected chi connectivity index (χ0v) is 50.8. The van der Waals surface area contributed by atoms with Gasteiger partial charge in [-0.2, -0.15) is 0 Å². The zero-order chi connectivity index (χ0) is 57.1. The molecule has 1 atom stereocenters. The Morgan fingerprint density at radius 1 is 0.266 bits per heavy atom. The summed E-state index contributed by atoms with van der Waals surface area (Å²) in [4.78, 5) is 38.0. The third-order valence-electron chi connectivity index (χ3n) is 13.0. The highest BCUT2D eigenvalue weighted by atomic mass is 16.6. The van der Waals surface area contributed by atoms with Crippen molar-refractivity contribution in [1.29, 1.82) is 0 Å². The van der Waals surface area contributed by atoms with E-state index >= 15 is 0 Å². The van der Waals surface area contributed by atoms with Crippen LogP contribution in [0.5, 0.6) is 0 Å². The first kappa shape index (κ1) is 74.0. The van der Waals surface area contributed by atoms with Crippen molar-refractivity contribution in [3.63, 3.8) is 0 Å². The Morgan fingerprint density at radius 2 is 0.494 bits per heavy atom. The molecule has 0 amide bonds. The van der Waals surface area contributed by atoms with Crippen molar-refractivity contribution in [1.82, 2.24) is 0 Å². The maximum atomic E-state index is 12.8. The molecule has 0 aliphatic rings. The standard InChI is InChI=1S/C73H116O6/c1-4-7-10-13-16-18-20-22-24-26-28-29-30-31-32-33-34-35-36-37-38-39-40-41-42-43-45-46-48-50-52-54-57-60-63-66-72(75)78-69-70(68-77-71(74)65-62-59-56-15-12-9-6-3)79-73(76)67-64-61-58-55-53-51-49-47-44-27-25-23-21-19-17-14-11-8-5-2/h7,10,16-19,22-25,28-29,31-32,34-35,37-38,40-41,43-45,47-48,50,70H,4-6,8-9,11-15,20-21,26-27,30,33,36,39,42,46,49,51-69H2,1-3H3/b10-7-,18-16-,19-17-,24-22-,25-23-,29-28-,32-31-,35-34-,38-37-,41-40-,45-43-,47-44-,50-48-. The lowest BCUT2D eigenvalue weighted by molar-refractivity contribution is -0.167. The summed E-state index contributed by atoms with van der Waals surface area (Å²) in [5.41, 5.74) is 0. The van der Waals surface area contributed by atoms with Crippen LogP contribution in [0.1, 0.15) is 265 Å². The fourth-order valence-electron chi connectivity index (χ4n) is 8.24. The molecule has 6 nitrogen and oxygen atoms in total. The molecule has 0 aliphatic carbocycles. The molecule has 444 valence electrons. The van der Waals surface area contributed by atoms with Crippen LogP contribution in [0.25, 0.3) is 0 Å². The van der Waals surface area contributed by atoms with Crippen molar-refractivity contribution >= 4 is 17.9 Å². The number of carbonyl (C=O) groups is 3. The summed E-state index contributed by atoms with van der Waals surface area (Å²) in [5, 5.41) is 0. The van der Waals surface area contributed by atoms with Crippen molar-refractivity contribution < 1.29 is 28.6 Å². The first-order valence-electron chi connectivity index (χ1n) is 32.0. The lowest BCUT2D eigenvalue weighted by Gasteiger charge is -2.18. The number of unbranched alkanes of at least 4 members (excludes halogenated alkanes) is 19. The number of ether oxygens (including phenoxy) is 3. The van der Waals surface area contributed by atoms with Gasteiger partial charge in [0.2, 0.25) is 0 Å². The zero-order valence-electron chi connectivity index (χ0n) is 50.8. The topological polar surface area (TPSA) is 78.9 Å². The van der Waals surface area contributed by atoms with Crippen molar-refractivity contribution in [3.8, 4) is 0 Å². The Hall–Kier alpha value is -4.97. The van der Waals surface area contributed by atoms with Gasteiger partial charge in [-0.1, -0.05) is 269 Å². The maximum absolute atomic E-state index is 12.8. The van der Waals surface area contributed by atoms with Gasteiger partial charge in [-0.3, -0.25) is 14.4 Å². The van der Waals surface area contributed by atoms with E-state index < -0.39 is 6.10 Å².